The fourth-order valence-electron chi connectivity index (χ4n) is 3.63. The summed E-state index contributed by atoms with van der Waals surface area (Å²) in [7, 11) is -16.3. The molecule has 0 spiro atoms. The van der Waals surface area contributed by atoms with Crippen molar-refractivity contribution < 1.29 is 42.8 Å². The van der Waals surface area contributed by atoms with E-state index in [1.807, 2.05) is 26.2 Å². The van der Waals surface area contributed by atoms with Gasteiger partial charge in [0.2, 0.25) is 0 Å². The smallest absolute Gasteiger partial charge is 0.437 e. The van der Waals surface area contributed by atoms with Crippen LogP contribution >= 0.6 is 0 Å². The molecule has 213 valence electrons. The van der Waals surface area contributed by atoms with Crippen LogP contribution in [-0.2, 0) is 32.9 Å². The summed E-state index contributed by atoms with van der Waals surface area (Å²) in [5.74, 6) is -1.35. The lowest BCUT2D eigenvalue weighted by molar-refractivity contribution is -0.0446. The minimum atomic E-state index is -5.77. The van der Waals surface area contributed by atoms with Crippen LogP contribution in [0.2, 0.25) is 71.5 Å². The van der Waals surface area contributed by atoms with Crippen molar-refractivity contribution in [3.8, 4) is 0 Å². The van der Waals surface area contributed by atoms with Gasteiger partial charge in [0.15, 0.2) is 16.6 Å². The Morgan fingerprint density at radius 3 is 1.81 bits per heavy atom. The Morgan fingerprint density at radius 2 is 1.38 bits per heavy atom. The maximum absolute atomic E-state index is 12.5. The molecule has 37 heavy (non-hydrogen) atoms. The molecule has 8 nitrogen and oxygen atoms in total. The average Bonchev–Trinajstić information content (AvgIpc) is 2.61. The number of amides is 1. The van der Waals surface area contributed by atoms with Crippen molar-refractivity contribution >= 4 is 59.0 Å². The Balaban J connectivity index is 2.94. The van der Waals surface area contributed by atoms with Crippen LogP contribution in [0.25, 0.3) is 0 Å². The van der Waals surface area contributed by atoms with Crippen molar-refractivity contribution in [2.24, 2.45) is 0 Å². The third-order valence-electron chi connectivity index (χ3n) is 4.44. The largest absolute Gasteiger partial charge is 0.516 e. The molecule has 0 saturated carbocycles. The highest BCUT2D eigenvalue weighted by Gasteiger charge is 2.47. The Hall–Kier alpha value is -0.646. The van der Waals surface area contributed by atoms with E-state index in [2.05, 4.69) is 39.3 Å². The van der Waals surface area contributed by atoms with Gasteiger partial charge in [-0.2, -0.15) is 21.6 Å². The molecule has 0 fully saturated rings. The molecule has 0 aliphatic rings. The van der Waals surface area contributed by atoms with E-state index >= 15 is 0 Å². The lowest BCUT2D eigenvalue weighted by atomic mass is 10.1. The first kappa shape index (κ1) is 34.4. The second-order valence-electron chi connectivity index (χ2n) is 11.2. The first-order valence-corrected chi connectivity index (χ1v) is 27.1. The lowest BCUT2D eigenvalue weighted by Gasteiger charge is -2.38. The topological polar surface area (TPSA) is 100 Å². The van der Waals surface area contributed by atoms with Gasteiger partial charge in [0.05, 0.1) is 0 Å². The van der Waals surface area contributed by atoms with Gasteiger partial charge in [0, 0.05) is 5.56 Å². The number of rotatable bonds is 13. The Bertz CT molecular complexity index is 1030. The van der Waals surface area contributed by atoms with Gasteiger partial charge >= 0.3 is 41.9 Å². The molecule has 1 rings (SSSR count). The number of sulfonamides is 1. The monoisotopic (exact) mass is 634 g/mol. The Morgan fingerprint density at radius 1 is 0.892 bits per heavy atom. The normalized spacial score (nSPS) is 15.5. The minimum absolute atomic E-state index is 0.201. The van der Waals surface area contributed by atoms with Gasteiger partial charge < -0.3 is 16.5 Å². The maximum Gasteiger partial charge on any atom is 0.516 e. The van der Waals surface area contributed by atoms with E-state index in [0.717, 1.165) is 10.3 Å². The van der Waals surface area contributed by atoms with Crippen LogP contribution in [-0.4, -0.2) is 62.9 Å². The summed E-state index contributed by atoms with van der Waals surface area (Å²) < 4.78 is 86.6. The highest BCUT2D eigenvalue weighted by atomic mass is 32.2. The third-order valence-corrected chi connectivity index (χ3v) is 21.2. The van der Waals surface area contributed by atoms with E-state index in [-0.39, 0.29) is 5.56 Å². The van der Waals surface area contributed by atoms with Crippen molar-refractivity contribution in [1.82, 2.24) is 4.72 Å². The minimum Gasteiger partial charge on any atom is -0.437 e. The van der Waals surface area contributed by atoms with Gasteiger partial charge in [0.1, 0.15) is 0 Å². The van der Waals surface area contributed by atoms with E-state index < -0.39 is 64.5 Å². The highest BCUT2D eigenvalue weighted by Crippen LogP contribution is 2.26. The predicted octanol–water partition coefficient (Wildman–Crippen LogP) is 5.44. The second kappa shape index (κ2) is 12.3. The molecule has 1 unspecified atom stereocenters. The van der Waals surface area contributed by atoms with E-state index in [0.29, 0.717) is 12.5 Å². The van der Waals surface area contributed by atoms with Gasteiger partial charge in [-0.1, -0.05) is 12.1 Å². The number of hydrogen-bond donors (Lipinski definition) is 1. The van der Waals surface area contributed by atoms with Crippen molar-refractivity contribution in [3.05, 3.63) is 35.4 Å². The van der Waals surface area contributed by atoms with E-state index in [4.69, 9.17) is 16.5 Å². The van der Waals surface area contributed by atoms with Gasteiger partial charge in [-0.25, -0.2) is 4.72 Å². The molecule has 0 aliphatic carbocycles. The number of benzene rings is 1. The van der Waals surface area contributed by atoms with Gasteiger partial charge in [-0.05, 0) is 95.6 Å². The van der Waals surface area contributed by atoms with Crippen LogP contribution in [0, 0.1) is 0 Å². The summed E-state index contributed by atoms with van der Waals surface area (Å²) in [6.07, 6.45) is 0.539. The van der Waals surface area contributed by atoms with Crippen LogP contribution in [0.15, 0.2) is 24.3 Å². The van der Waals surface area contributed by atoms with Gasteiger partial charge in [-0.3, -0.25) is 4.79 Å². The molecular formula is C20H39F3NO7SSi5. The van der Waals surface area contributed by atoms with Gasteiger partial charge in [0.25, 0.3) is 5.91 Å². The zero-order chi connectivity index (χ0) is 29.1. The molecule has 1 atom stereocenters. The summed E-state index contributed by atoms with van der Waals surface area (Å²) in [5, 5.41) is 0. The fourth-order valence-corrected chi connectivity index (χ4v) is 23.6. The van der Waals surface area contributed by atoms with Crippen LogP contribution < -0.4 is 4.72 Å². The number of nitrogens with one attached hydrogen (secondary N) is 1. The number of hydrogen-bond acceptors (Lipinski definition) is 7. The Labute approximate surface area is 224 Å². The molecular weight excluding hydrogens is 596 g/mol. The second-order valence-corrected chi connectivity index (χ2v) is 31.2. The molecule has 1 aromatic rings. The molecule has 1 amide bonds. The van der Waals surface area contributed by atoms with Crippen molar-refractivity contribution in [1.29, 1.82) is 0 Å². The first-order chi connectivity index (χ1) is 16.3. The maximum atomic E-state index is 12.5. The molecule has 0 aliphatic heterocycles. The summed E-state index contributed by atoms with van der Waals surface area (Å²) >= 11 is 0. The number of alkyl halides is 3. The van der Waals surface area contributed by atoms with Crippen LogP contribution in [0.5, 0.6) is 0 Å². The molecule has 1 N–H and O–H groups in total. The summed E-state index contributed by atoms with van der Waals surface area (Å²) in [6.45, 7) is 20.6. The third kappa shape index (κ3) is 12.8. The first-order valence-electron chi connectivity index (χ1n) is 11.7. The summed E-state index contributed by atoms with van der Waals surface area (Å²) in [6, 6.07) is 6.31. The molecule has 1 radical (unpaired) electrons. The average molecular weight is 635 g/mol. The zero-order valence-corrected chi connectivity index (χ0v) is 28.9. The van der Waals surface area contributed by atoms with Crippen LogP contribution in [0.4, 0.5) is 13.2 Å². The lowest BCUT2D eigenvalue weighted by Crippen LogP contribution is -2.54. The van der Waals surface area contributed by atoms with Crippen molar-refractivity contribution in [2.75, 3.05) is 0 Å². The SMILES string of the molecule is C[Si](O[Si](C)(C)O[Si](C)(C)C)O[Si](C)(CCc1ccc(C(=O)NS(=O)(=O)C(F)(F)F)cc1)O[Si](C)(C)C. The van der Waals surface area contributed by atoms with E-state index in [1.165, 1.54) is 12.1 Å². The quantitative estimate of drug-likeness (QED) is 0.289. The highest BCUT2D eigenvalue weighted by molar-refractivity contribution is 7.90. The number of aryl methyl sites for hydroxylation is 1. The van der Waals surface area contributed by atoms with Crippen molar-refractivity contribution in [3.63, 3.8) is 0 Å². The summed E-state index contributed by atoms with van der Waals surface area (Å²) in [5.41, 5.74) is -4.97. The molecule has 17 heteroatoms. The Kier molecular flexibility index (Phi) is 11.4. The fraction of sp³-hybridized carbons (Fsp3) is 0.650. The van der Waals surface area contributed by atoms with E-state index in [9.17, 15) is 26.4 Å². The van der Waals surface area contributed by atoms with Crippen LogP contribution in [0.3, 0.4) is 0 Å². The number of carbonyl (C=O) groups is 1. The van der Waals surface area contributed by atoms with E-state index in [1.54, 1.807) is 12.1 Å². The summed E-state index contributed by atoms with van der Waals surface area (Å²) in [4.78, 5) is 12.0. The molecule has 0 heterocycles. The molecule has 0 bridgehead atoms. The van der Waals surface area contributed by atoms with Gasteiger partial charge in [-0.15, -0.1) is 0 Å². The van der Waals surface area contributed by atoms with Crippen molar-refractivity contribution in [2.45, 2.75) is 83.4 Å². The van der Waals surface area contributed by atoms with Crippen LogP contribution in [0.1, 0.15) is 15.9 Å². The number of halogens is 3. The molecule has 0 saturated heterocycles. The molecule has 0 aromatic heterocycles. The number of carbonyl (C=O) groups excluding carboxylic acids is 1. The zero-order valence-electron chi connectivity index (χ0n) is 23.1. The predicted molar refractivity (Wildman–Crippen MR) is 149 cm³/mol. The standard InChI is InChI=1S/C20H39F3NO7SSi5/c1-33(28-36(8,9)30-34(2,3)4)29-37(10,31-35(5,6)7)16-15-17-11-13-18(14-12-17)19(25)24-32(26,27)20(21,22)23/h11-14H,15-16H2,1-10H3,(H,24,25). The molecule has 1 aromatic carbocycles.